The van der Waals surface area contributed by atoms with Crippen LogP contribution in [0.15, 0.2) is 18.2 Å². The van der Waals surface area contributed by atoms with Crippen molar-refractivity contribution in [3.8, 4) is 0 Å². The van der Waals surface area contributed by atoms with Gasteiger partial charge in [-0.15, -0.1) is 0 Å². The van der Waals surface area contributed by atoms with Crippen molar-refractivity contribution in [2.24, 2.45) is 0 Å². The summed E-state index contributed by atoms with van der Waals surface area (Å²) in [6.07, 6.45) is 2.07. The predicted molar refractivity (Wildman–Crippen MR) is 81.9 cm³/mol. The molecule has 0 N–H and O–H groups in total. The van der Waals surface area contributed by atoms with Gasteiger partial charge in [-0.3, -0.25) is 9.69 Å². The van der Waals surface area contributed by atoms with Crippen molar-refractivity contribution < 1.29 is 9.53 Å². The van der Waals surface area contributed by atoms with Crippen molar-refractivity contribution in [3.63, 3.8) is 0 Å². The van der Waals surface area contributed by atoms with E-state index in [4.69, 9.17) is 27.9 Å². The number of carbonyl (C=O) groups excluding carboxylic acids is 1. The molecule has 110 valence electrons. The minimum atomic E-state index is -0.157. The van der Waals surface area contributed by atoms with Crippen molar-refractivity contribution in [1.82, 2.24) is 4.90 Å². The topological polar surface area (TPSA) is 29.5 Å². The van der Waals surface area contributed by atoms with Gasteiger partial charge in [0.05, 0.1) is 22.2 Å². The van der Waals surface area contributed by atoms with E-state index in [1.807, 2.05) is 0 Å². The summed E-state index contributed by atoms with van der Waals surface area (Å²) in [5.41, 5.74) is 0.444. The van der Waals surface area contributed by atoms with Crippen LogP contribution in [0.25, 0.3) is 0 Å². The highest BCUT2D eigenvalue weighted by atomic mass is 35.5. The summed E-state index contributed by atoms with van der Waals surface area (Å²) < 4.78 is 5.54. The third-order valence-corrected chi connectivity index (χ3v) is 4.58. The van der Waals surface area contributed by atoms with E-state index in [0.29, 0.717) is 22.2 Å². The molecule has 1 fully saturated rings. The van der Waals surface area contributed by atoms with Gasteiger partial charge in [0.25, 0.3) is 0 Å². The first-order valence-electron chi connectivity index (χ1n) is 6.69. The number of halogens is 2. The van der Waals surface area contributed by atoms with Crippen molar-refractivity contribution in [3.05, 3.63) is 33.8 Å². The Kier molecular flexibility index (Phi) is 5.08. The standard InChI is InChI=1S/C15H19Cl2NO2/c1-15(20-2)6-3-7-18(10-15)9-14(19)11-4-5-12(16)13(17)8-11/h4-5,8H,3,6-7,9-10H2,1-2H3. The first-order valence-corrected chi connectivity index (χ1v) is 7.45. The minimum absolute atomic E-state index is 0.0592. The zero-order valence-corrected chi connectivity index (χ0v) is 13.3. The van der Waals surface area contributed by atoms with Crippen LogP contribution in [-0.2, 0) is 4.74 Å². The lowest BCUT2D eigenvalue weighted by Gasteiger charge is -2.39. The van der Waals surface area contributed by atoms with Crippen LogP contribution in [0.3, 0.4) is 0 Å². The third kappa shape index (κ3) is 3.73. The minimum Gasteiger partial charge on any atom is -0.377 e. The monoisotopic (exact) mass is 315 g/mol. The van der Waals surface area contributed by atoms with E-state index >= 15 is 0 Å². The zero-order valence-electron chi connectivity index (χ0n) is 11.8. The second-order valence-electron chi connectivity index (χ2n) is 5.52. The number of hydrogen-bond donors (Lipinski definition) is 0. The highest BCUT2D eigenvalue weighted by Crippen LogP contribution is 2.25. The highest BCUT2D eigenvalue weighted by molar-refractivity contribution is 6.42. The van der Waals surface area contributed by atoms with Gasteiger partial charge in [0.1, 0.15) is 0 Å². The second-order valence-corrected chi connectivity index (χ2v) is 6.33. The van der Waals surface area contributed by atoms with E-state index in [0.717, 1.165) is 25.9 Å². The van der Waals surface area contributed by atoms with Gasteiger partial charge in [-0.2, -0.15) is 0 Å². The molecule has 0 spiro atoms. The Morgan fingerprint density at radius 1 is 1.40 bits per heavy atom. The van der Waals surface area contributed by atoms with Crippen LogP contribution in [0.4, 0.5) is 0 Å². The van der Waals surface area contributed by atoms with Gasteiger partial charge >= 0.3 is 0 Å². The number of ketones is 1. The van der Waals surface area contributed by atoms with Gasteiger partial charge in [0.2, 0.25) is 0 Å². The Bertz CT molecular complexity index is 507. The second kappa shape index (κ2) is 6.44. The smallest absolute Gasteiger partial charge is 0.176 e. The average molecular weight is 316 g/mol. The van der Waals surface area contributed by atoms with Crippen LogP contribution in [-0.4, -0.2) is 43.0 Å². The van der Waals surface area contributed by atoms with E-state index in [9.17, 15) is 4.79 Å². The van der Waals surface area contributed by atoms with E-state index in [1.54, 1.807) is 25.3 Å². The highest BCUT2D eigenvalue weighted by Gasteiger charge is 2.31. The molecule has 0 aliphatic carbocycles. The number of ether oxygens (including phenoxy) is 1. The molecule has 3 nitrogen and oxygen atoms in total. The average Bonchev–Trinajstić information content (AvgIpc) is 2.42. The van der Waals surface area contributed by atoms with Crippen LogP contribution in [0.2, 0.25) is 10.0 Å². The molecule has 0 amide bonds. The molecule has 1 saturated heterocycles. The normalized spacial score (nSPS) is 23.8. The number of piperidine rings is 1. The molecule has 1 aromatic rings. The summed E-state index contributed by atoms with van der Waals surface area (Å²) in [6.45, 7) is 4.17. The molecule has 5 heteroatoms. The molecular weight excluding hydrogens is 297 g/mol. The number of carbonyl (C=O) groups is 1. The van der Waals surface area contributed by atoms with Gasteiger partial charge in [-0.1, -0.05) is 23.2 Å². The van der Waals surface area contributed by atoms with Crippen LogP contribution in [0.5, 0.6) is 0 Å². The quantitative estimate of drug-likeness (QED) is 0.794. The first kappa shape index (κ1) is 15.8. The maximum atomic E-state index is 12.3. The van der Waals surface area contributed by atoms with Gasteiger partial charge in [0.15, 0.2) is 5.78 Å². The van der Waals surface area contributed by atoms with Crippen LogP contribution < -0.4 is 0 Å². The Morgan fingerprint density at radius 3 is 2.80 bits per heavy atom. The molecular formula is C15H19Cl2NO2. The Morgan fingerprint density at radius 2 is 2.15 bits per heavy atom. The molecule has 1 atom stereocenters. The Balaban J connectivity index is 2.02. The summed E-state index contributed by atoms with van der Waals surface area (Å²) >= 11 is 11.8. The maximum absolute atomic E-state index is 12.3. The van der Waals surface area contributed by atoms with E-state index in [-0.39, 0.29) is 11.4 Å². The van der Waals surface area contributed by atoms with Crippen molar-refractivity contribution in [2.75, 3.05) is 26.7 Å². The molecule has 0 radical (unpaired) electrons. The molecule has 2 rings (SSSR count). The summed E-state index contributed by atoms with van der Waals surface area (Å²) in [5.74, 6) is 0.0592. The number of benzene rings is 1. The van der Waals surface area contributed by atoms with Crippen molar-refractivity contribution in [2.45, 2.75) is 25.4 Å². The maximum Gasteiger partial charge on any atom is 0.176 e. The number of methoxy groups -OCH3 is 1. The fourth-order valence-electron chi connectivity index (χ4n) is 2.57. The van der Waals surface area contributed by atoms with E-state index < -0.39 is 0 Å². The summed E-state index contributed by atoms with van der Waals surface area (Å²) in [5, 5.41) is 0.881. The molecule has 1 heterocycles. The summed E-state index contributed by atoms with van der Waals surface area (Å²) in [4.78, 5) is 14.4. The number of Topliss-reactive ketones (excluding diaryl/α,β-unsaturated/α-hetero) is 1. The molecule has 0 saturated carbocycles. The molecule has 20 heavy (non-hydrogen) atoms. The van der Waals surface area contributed by atoms with Gasteiger partial charge in [-0.25, -0.2) is 0 Å². The summed E-state index contributed by atoms with van der Waals surface area (Å²) in [6, 6.07) is 5.01. The Labute approximate surface area is 129 Å². The predicted octanol–water partition coefficient (Wildman–Crippen LogP) is 3.68. The molecule has 1 aliphatic heterocycles. The zero-order chi connectivity index (χ0) is 14.8. The number of rotatable bonds is 4. The molecule has 1 unspecified atom stereocenters. The SMILES string of the molecule is COC1(C)CCCN(CC(=O)c2ccc(Cl)c(Cl)c2)C1. The lowest BCUT2D eigenvalue weighted by atomic mass is 9.94. The summed E-state index contributed by atoms with van der Waals surface area (Å²) in [7, 11) is 1.73. The van der Waals surface area contributed by atoms with E-state index in [2.05, 4.69) is 11.8 Å². The largest absolute Gasteiger partial charge is 0.377 e. The molecule has 1 aliphatic rings. The van der Waals surface area contributed by atoms with Crippen LogP contribution in [0.1, 0.15) is 30.1 Å². The van der Waals surface area contributed by atoms with Crippen molar-refractivity contribution in [1.29, 1.82) is 0 Å². The Hall–Kier alpha value is -0.610. The van der Waals surface area contributed by atoms with E-state index in [1.165, 1.54) is 0 Å². The van der Waals surface area contributed by atoms with Crippen LogP contribution in [0, 0.1) is 0 Å². The third-order valence-electron chi connectivity index (χ3n) is 3.84. The first-order chi connectivity index (χ1) is 9.43. The van der Waals surface area contributed by atoms with Gasteiger partial charge in [-0.05, 0) is 44.5 Å². The fraction of sp³-hybridized carbons (Fsp3) is 0.533. The van der Waals surface area contributed by atoms with Crippen molar-refractivity contribution >= 4 is 29.0 Å². The number of nitrogens with zero attached hydrogens (tertiary/aromatic N) is 1. The molecule has 1 aromatic carbocycles. The molecule has 0 bridgehead atoms. The number of hydrogen-bond acceptors (Lipinski definition) is 3. The van der Waals surface area contributed by atoms with Crippen LogP contribution >= 0.6 is 23.2 Å². The molecule has 0 aromatic heterocycles. The van der Waals surface area contributed by atoms with Gasteiger partial charge < -0.3 is 4.74 Å². The number of likely N-dealkylation sites (tertiary alicyclic amines) is 1. The lowest BCUT2D eigenvalue weighted by Crippen LogP contribution is -2.48. The lowest BCUT2D eigenvalue weighted by molar-refractivity contribution is -0.0485. The fourth-order valence-corrected chi connectivity index (χ4v) is 2.87. The van der Waals surface area contributed by atoms with Gasteiger partial charge in [0, 0.05) is 19.2 Å².